The minimum Gasteiger partial charge on any atom is -0.464 e. The number of hydrogen-bond acceptors (Lipinski definition) is 5. The lowest BCUT2D eigenvalue weighted by Crippen LogP contribution is -2.33. The Bertz CT molecular complexity index is 1660. The molecule has 2 aliphatic rings. The molecule has 1 atom stereocenters. The summed E-state index contributed by atoms with van der Waals surface area (Å²) in [6, 6.07) is 13.2. The molecule has 2 aromatic heterocycles. The van der Waals surface area contributed by atoms with Crippen molar-refractivity contribution >= 4 is 39.4 Å². The number of aromatic nitrogens is 1. The van der Waals surface area contributed by atoms with E-state index in [0.717, 1.165) is 35.1 Å². The number of fused-ring (bicyclic) bond motifs is 1. The molecule has 6 rings (SSSR count). The highest BCUT2D eigenvalue weighted by molar-refractivity contribution is 6.11. The predicted octanol–water partition coefficient (Wildman–Crippen LogP) is 4.99. The number of benzene rings is 2. The molecule has 4 heterocycles. The van der Waals surface area contributed by atoms with Crippen molar-refractivity contribution in [2.75, 3.05) is 11.9 Å². The molecule has 0 unspecified atom stereocenters. The molecule has 7 heteroatoms. The molecule has 0 radical (unpaired) electrons. The van der Waals surface area contributed by atoms with E-state index in [9.17, 15) is 14.4 Å². The van der Waals surface area contributed by atoms with Gasteiger partial charge in [0, 0.05) is 42.0 Å². The van der Waals surface area contributed by atoms with Gasteiger partial charge in [-0.25, -0.2) is 0 Å². The summed E-state index contributed by atoms with van der Waals surface area (Å²) in [6.45, 7) is 6.73. The standard InChI is InChI=1S/C29H27N3O4/c1-16(2)11-12-31-13-19-25(20-15-36-24-10-5-4-7-18(24)28(20)34)27-22(14-32(17(3)33)29(27)35)30-21-8-6-9-23(31)26(19)21/h4-10,13,15-16,25,30H,11-12,14H2,1-3H3/t25-/m0/s1. The van der Waals surface area contributed by atoms with Crippen LogP contribution in [0.25, 0.3) is 21.9 Å². The summed E-state index contributed by atoms with van der Waals surface area (Å²) in [4.78, 5) is 41.0. The highest BCUT2D eigenvalue weighted by Crippen LogP contribution is 2.46. The first-order chi connectivity index (χ1) is 17.3. The third-order valence-corrected chi connectivity index (χ3v) is 7.28. The van der Waals surface area contributed by atoms with Crippen molar-refractivity contribution in [2.24, 2.45) is 5.92 Å². The molecular weight excluding hydrogens is 454 g/mol. The molecule has 0 aliphatic carbocycles. The van der Waals surface area contributed by atoms with E-state index in [4.69, 9.17) is 4.42 Å². The fraction of sp³-hybridized carbons (Fsp3) is 0.276. The summed E-state index contributed by atoms with van der Waals surface area (Å²) in [5.41, 5.74) is 4.55. The van der Waals surface area contributed by atoms with Gasteiger partial charge in [0.15, 0.2) is 5.43 Å². The van der Waals surface area contributed by atoms with Crippen LogP contribution < -0.4 is 10.7 Å². The van der Waals surface area contributed by atoms with Gasteiger partial charge in [-0.1, -0.05) is 32.0 Å². The lowest BCUT2D eigenvalue weighted by molar-refractivity contribution is -0.139. The number of aryl methyl sites for hydroxylation is 1. The van der Waals surface area contributed by atoms with Gasteiger partial charge in [0.25, 0.3) is 5.91 Å². The van der Waals surface area contributed by atoms with E-state index in [1.165, 1.54) is 18.1 Å². The van der Waals surface area contributed by atoms with Crippen LogP contribution >= 0.6 is 0 Å². The molecule has 0 bridgehead atoms. The Labute approximate surface area is 208 Å². The van der Waals surface area contributed by atoms with Gasteiger partial charge in [-0.2, -0.15) is 0 Å². The SMILES string of the molecule is CC(=O)N1CC2=C(C1=O)[C@H](c1coc3ccccc3c1=O)c1cn(CCC(C)C)c3cccc(c13)N2. The van der Waals surface area contributed by atoms with E-state index < -0.39 is 5.92 Å². The van der Waals surface area contributed by atoms with Gasteiger partial charge in [-0.3, -0.25) is 19.3 Å². The van der Waals surface area contributed by atoms with E-state index in [0.29, 0.717) is 33.7 Å². The Balaban J connectivity index is 1.65. The van der Waals surface area contributed by atoms with Crippen molar-refractivity contribution in [1.29, 1.82) is 0 Å². The minimum atomic E-state index is -0.670. The average Bonchev–Trinajstić information content (AvgIpc) is 3.34. The fourth-order valence-corrected chi connectivity index (χ4v) is 5.47. The monoisotopic (exact) mass is 481 g/mol. The number of para-hydroxylation sites is 1. The average molecular weight is 482 g/mol. The summed E-state index contributed by atoms with van der Waals surface area (Å²) in [5.74, 6) is -0.847. The maximum atomic E-state index is 13.8. The Kier molecular flexibility index (Phi) is 5.10. The Morgan fingerprint density at radius 2 is 1.92 bits per heavy atom. The quantitative estimate of drug-likeness (QED) is 0.444. The number of carbonyl (C=O) groups excluding carboxylic acids is 2. The van der Waals surface area contributed by atoms with Crippen LogP contribution in [-0.4, -0.2) is 27.8 Å². The van der Waals surface area contributed by atoms with E-state index in [1.54, 1.807) is 18.2 Å². The molecule has 4 aromatic rings. The van der Waals surface area contributed by atoms with Crippen LogP contribution in [0.2, 0.25) is 0 Å². The second-order valence-corrected chi connectivity index (χ2v) is 10.0. The highest BCUT2D eigenvalue weighted by Gasteiger charge is 2.42. The van der Waals surface area contributed by atoms with E-state index in [1.807, 2.05) is 18.2 Å². The molecule has 0 spiro atoms. The van der Waals surface area contributed by atoms with Gasteiger partial charge in [-0.15, -0.1) is 0 Å². The van der Waals surface area contributed by atoms with Crippen LogP contribution in [0.5, 0.6) is 0 Å². The van der Waals surface area contributed by atoms with Crippen molar-refractivity contribution in [3.8, 4) is 0 Å². The van der Waals surface area contributed by atoms with Crippen molar-refractivity contribution in [1.82, 2.24) is 9.47 Å². The normalized spacial score (nSPS) is 17.2. The summed E-state index contributed by atoms with van der Waals surface area (Å²) in [6.07, 6.45) is 4.54. The number of imide groups is 1. The first kappa shape index (κ1) is 22.3. The lowest BCUT2D eigenvalue weighted by atomic mass is 9.84. The van der Waals surface area contributed by atoms with Crippen LogP contribution in [0.3, 0.4) is 0 Å². The van der Waals surface area contributed by atoms with E-state index in [-0.39, 0.29) is 23.8 Å². The summed E-state index contributed by atoms with van der Waals surface area (Å²) in [5, 5.41) is 4.90. The van der Waals surface area contributed by atoms with Crippen molar-refractivity contribution in [2.45, 2.75) is 39.7 Å². The molecule has 36 heavy (non-hydrogen) atoms. The van der Waals surface area contributed by atoms with Gasteiger partial charge in [0.1, 0.15) is 5.58 Å². The van der Waals surface area contributed by atoms with Crippen LogP contribution in [0.4, 0.5) is 5.69 Å². The smallest absolute Gasteiger partial charge is 0.259 e. The highest BCUT2D eigenvalue weighted by atomic mass is 16.3. The second kappa shape index (κ2) is 8.22. The minimum absolute atomic E-state index is 0.146. The maximum Gasteiger partial charge on any atom is 0.259 e. The van der Waals surface area contributed by atoms with Gasteiger partial charge in [0.2, 0.25) is 5.91 Å². The number of nitrogens with one attached hydrogen (secondary N) is 1. The van der Waals surface area contributed by atoms with Crippen molar-refractivity contribution in [3.63, 3.8) is 0 Å². The third kappa shape index (κ3) is 3.30. The zero-order valence-corrected chi connectivity index (χ0v) is 20.5. The van der Waals surface area contributed by atoms with Gasteiger partial charge in [-0.05, 0) is 42.2 Å². The van der Waals surface area contributed by atoms with Crippen molar-refractivity contribution < 1.29 is 14.0 Å². The van der Waals surface area contributed by atoms with Crippen LogP contribution in [0.1, 0.15) is 44.2 Å². The predicted molar refractivity (Wildman–Crippen MR) is 139 cm³/mol. The summed E-state index contributed by atoms with van der Waals surface area (Å²) < 4.78 is 8.11. The first-order valence-corrected chi connectivity index (χ1v) is 12.3. The van der Waals surface area contributed by atoms with E-state index in [2.05, 4.69) is 36.0 Å². The number of hydrogen-bond donors (Lipinski definition) is 1. The Hall–Kier alpha value is -4.13. The molecule has 0 saturated carbocycles. The lowest BCUT2D eigenvalue weighted by Gasteiger charge is -2.19. The Morgan fingerprint density at radius 3 is 2.69 bits per heavy atom. The number of rotatable bonds is 4. The summed E-state index contributed by atoms with van der Waals surface area (Å²) in [7, 11) is 0. The summed E-state index contributed by atoms with van der Waals surface area (Å²) >= 11 is 0. The van der Waals surface area contributed by atoms with Crippen LogP contribution in [0.15, 0.2) is 75.4 Å². The van der Waals surface area contributed by atoms with Gasteiger partial charge in [0.05, 0.1) is 35.2 Å². The molecule has 182 valence electrons. The second-order valence-electron chi connectivity index (χ2n) is 10.0. The number of nitrogens with zero attached hydrogens (tertiary/aromatic N) is 2. The molecule has 7 nitrogen and oxygen atoms in total. The molecular formula is C29H27N3O4. The zero-order valence-electron chi connectivity index (χ0n) is 20.5. The van der Waals surface area contributed by atoms with Gasteiger partial charge < -0.3 is 14.3 Å². The van der Waals surface area contributed by atoms with E-state index >= 15 is 0 Å². The molecule has 0 fully saturated rings. The molecule has 2 amide bonds. The third-order valence-electron chi connectivity index (χ3n) is 7.28. The molecule has 0 saturated heterocycles. The fourth-order valence-electron chi connectivity index (χ4n) is 5.47. The number of carbonyl (C=O) groups is 2. The number of anilines is 1. The molecule has 2 aromatic carbocycles. The van der Waals surface area contributed by atoms with Gasteiger partial charge >= 0.3 is 0 Å². The maximum absolute atomic E-state index is 13.8. The Morgan fingerprint density at radius 1 is 1.11 bits per heavy atom. The number of amides is 2. The first-order valence-electron chi connectivity index (χ1n) is 12.3. The topological polar surface area (TPSA) is 84.6 Å². The molecule has 2 aliphatic heterocycles. The molecule has 1 N–H and O–H groups in total. The van der Waals surface area contributed by atoms with Crippen LogP contribution in [-0.2, 0) is 16.1 Å². The largest absolute Gasteiger partial charge is 0.464 e. The van der Waals surface area contributed by atoms with Crippen LogP contribution in [0, 0.1) is 5.92 Å². The van der Waals surface area contributed by atoms with Crippen molar-refractivity contribution in [3.05, 3.63) is 87.5 Å². The zero-order chi connectivity index (χ0) is 25.1.